The number of rotatable bonds is 4. The molecule has 0 unspecified atom stereocenters. The summed E-state index contributed by atoms with van der Waals surface area (Å²) in [6.07, 6.45) is 1.48. The molecule has 130 valence electrons. The van der Waals surface area contributed by atoms with E-state index in [0.29, 0.717) is 32.7 Å². The zero-order valence-electron chi connectivity index (χ0n) is 13.3. The molecule has 0 aliphatic heterocycles. The summed E-state index contributed by atoms with van der Waals surface area (Å²) in [5.41, 5.74) is 1.69. The molecule has 0 aliphatic carbocycles. The Balaban J connectivity index is 1.71. The number of hydrogen-bond donors (Lipinski definition) is 1. The predicted octanol–water partition coefficient (Wildman–Crippen LogP) is 4.19. The quantitative estimate of drug-likeness (QED) is 0.422. The summed E-state index contributed by atoms with van der Waals surface area (Å²) in [6, 6.07) is 13.5. The molecule has 26 heavy (non-hydrogen) atoms. The maximum atomic E-state index is 13.3. The third kappa shape index (κ3) is 3.36. The minimum absolute atomic E-state index is 0.273. The summed E-state index contributed by atoms with van der Waals surface area (Å²) in [4.78, 5) is 19.6. The molecule has 4 aromatic rings. The summed E-state index contributed by atoms with van der Waals surface area (Å²) in [5, 5.41) is 5.65. The number of aromatic amines is 1. The van der Waals surface area contributed by atoms with Gasteiger partial charge in [0.1, 0.15) is 11.2 Å². The molecule has 0 atom stereocenters. The van der Waals surface area contributed by atoms with Crippen LogP contribution in [0.4, 0.5) is 4.39 Å². The van der Waals surface area contributed by atoms with Crippen LogP contribution in [0.2, 0.25) is 5.02 Å². The van der Waals surface area contributed by atoms with E-state index in [9.17, 15) is 9.18 Å². The summed E-state index contributed by atoms with van der Waals surface area (Å²) in [6.45, 7) is 0. The molecule has 0 radical (unpaired) electrons. The maximum absolute atomic E-state index is 13.3. The van der Waals surface area contributed by atoms with Gasteiger partial charge in [0.15, 0.2) is 10.8 Å². The molecule has 5 nitrogen and oxygen atoms in total. The first-order valence-electron chi connectivity index (χ1n) is 7.71. The van der Waals surface area contributed by atoms with Crippen LogP contribution in [0.1, 0.15) is 5.56 Å². The SMILES string of the molecule is O=c1[nH]c(SCc2cccc(F)c2)nc2c1cnn2-c1cccc(Cl)c1. The predicted molar refractivity (Wildman–Crippen MR) is 100 cm³/mol. The van der Waals surface area contributed by atoms with Crippen molar-refractivity contribution in [2.75, 3.05) is 0 Å². The van der Waals surface area contributed by atoms with Gasteiger partial charge in [-0.1, -0.05) is 41.6 Å². The van der Waals surface area contributed by atoms with E-state index in [-0.39, 0.29) is 11.4 Å². The van der Waals surface area contributed by atoms with E-state index in [1.54, 1.807) is 28.9 Å². The maximum Gasteiger partial charge on any atom is 0.262 e. The van der Waals surface area contributed by atoms with Gasteiger partial charge in [0, 0.05) is 10.8 Å². The molecule has 0 spiro atoms. The van der Waals surface area contributed by atoms with Crippen LogP contribution in [0.15, 0.2) is 64.7 Å². The van der Waals surface area contributed by atoms with Gasteiger partial charge in [-0.2, -0.15) is 5.10 Å². The van der Waals surface area contributed by atoms with Crippen molar-refractivity contribution in [3.8, 4) is 5.69 Å². The number of benzene rings is 2. The highest BCUT2D eigenvalue weighted by atomic mass is 35.5. The lowest BCUT2D eigenvalue weighted by atomic mass is 10.2. The van der Waals surface area contributed by atoms with Crippen LogP contribution >= 0.6 is 23.4 Å². The molecule has 2 aromatic carbocycles. The molecule has 2 aromatic heterocycles. The van der Waals surface area contributed by atoms with Crippen molar-refractivity contribution < 1.29 is 4.39 Å². The lowest BCUT2D eigenvalue weighted by Gasteiger charge is -2.05. The number of halogens is 2. The molecule has 0 saturated carbocycles. The molecule has 0 bridgehead atoms. The van der Waals surface area contributed by atoms with E-state index in [4.69, 9.17) is 11.6 Å². The highest BCUT2D eigenvalue weighted by Gasteiger charge is 2.12. The van der Waals surface area contributed by atoms with E-state index < -0.39 is 0 Å². The fourth-order valence-electron chi connectivity index (χ4n) is 2.54. The lowest BCUT2D eigenvalue weighted by molar-refractivity contribution is 0.626. The van der Waals surface area contributed by atoms with E-state index >= 15 is 0 Å². The van der Waals surface area contributed by atoms with Crippen molar-refractivity contribution in [2.24, 2.45) is 0 Å². The second-order valence-electron chi connectivity index (χ2n) is 5.56. The molecule has 1 N–H and O–H groups in total. The Labute approximate surface area is 156 Å². The Morgan fingerprint density at radius 1 is 1.19 bits per heavy atom. The van der Waals surface area contributed by atoms with Gasteiger partial charge < -0.3 is 4.98 Å². The Hall–Kier alpha value is -2.64. The standard InChI is InChI=1S/C18H12ClFN4OS/c19-12-4-2-6-14(8-12)24-16-15(9-21-24)17(25)23-18(22-16)26-10-11-3-1-5-13(20)7-11/h1-9H,10H2,(H,22,23,25). The van der Waals surface area contributed by atoms with E-state index in [2.05, 4.69) is 15.1 Å². The topological polar surface area (TPSA) is 63.6 Å². The van der Waals surface area contributed by atoms with Crippen LogP contribution in [0.3, 0.4) is 0 Å². The van der Waals surface area contributed by atoms with Gasteiger partial charge in [0.05, 0.1) is 11.9 Å². The van der Waals surface area contributed by atoms with Gasteiger partial charge in [-0.25, -0.2) is 14.1 Å². The zero-order valence-corrected chi connectivity index (χ0v) is 14.9. The second-order valence-corrected chi connectivity index (χ2v) is 6.96. The van der Waals surface area contributed by atoms with Gasteiger partial charge >= 0.3 is 0 Å². The number of thioether (sulfide) groups is 1. The number of fused-ring (bicyclic) bond motifs is 1. The number of nitrogens with zero attached hydrogens (tertiary/aromatic N) is 3. The first-order valence-corrected chi connectivity index (χ1v) is 9.08. The van der Waals surface area contributed by atoms with Gasteiger partial charge in [0.2, 0.25) is 0 Å². The summed E-state index contributed by atoms with van der Waals surface area (Å²) in [7, 11) is 0. The molecule has 4 rings (SSSR count). The minimum atomic E-state index is -0.293. The molecular weight excluding hydrogens is 375 g/mol. The Kier molecular flexibility index (Phi) is 4.48. The van der Waals surface area contributed by atoms with Crippen molar-refractivity contribution in [3.05, 3.63) is 81.5 Å². The van der Waals surface area contributed by atoms with Crippen molar-refractivity contribution >= 4 is 34.4 Å². The molecule has 8 heteroatoms. The zero-order chi connectivity index (χ0) is 18.1. The molecular formula is C18H12ClFN4OS. The van der Waals surface area contributed by atoms with Crippen LogP contribution in [0.25, 0.3) is 16.7 Å². The van der Waals surface area contributed by atoms with E-state index in [1.165, 1.54) is 30.1 Å². The van der Waals surface area contributed by atoms with E-state index in [1.807, 2.05) is 12.1 Å². The fraction of sp³-hybridized carbons (Fsp3) is 0.0556. The first-order chi connectivity index (χ1) is 12.6. The fourth-order valence-corrected chi connectivity index (χ4v) is 3.53. The van der Waals surface area contributed by atoms with Crippen LogP contribution in [-0.2, 0) is 5.75 Å². The van der Waals surface area contributed by atoms with Gasteiger partial charge in [0.25, 0.3) is 5.56 Å². The molecule has 0 saturated heterocycles. The third-order valence-electron chi connectivity index (χ3n) is 3.73. The average Bonchev–Trinajstić information content (AvgIpc) is 3.05. The smallest absolute Gasteiger partial charge is 0.262 e. The molecule has 0 aliphatic rings. The summed E-state index contributed by atoms with van der Waals surface area (Å²) < 4.78 is 14.9. The van der Waals surface area contributed by atoms with Crippen LogP contribution in [0, 0.1) is 5.82 Å². The van der Waals surface area contributed by atoms with Crippen LogP contribution < -0.4 is 5.56 Å². The largest absolute Gasteiger partial charge is 0.301 e. The molecule has 0 amide bonds. The van der Waals surface area contributed by atoms with Crippen molar-refractivity contribution in [1.29, 1.82) is 0 Å². The monoisotopic (exact) mass is 386 g/mol. The lowest BCUT2D eigenvalue weighted by Crippen LogP contribution is -2.09. The van der Waals surface area contributed by atoms with Gasteiger partial charge in [-0.3, -0.25) is 4.79 Å². The Morgan fingerprint density at radius 2 is 2.04 bits per heavy atom. The molecule has 0 fully saturated rings. The summed E-state index contributed by atoms with van der Waals surface area (Å²) in [5.74, 6) is 0.191. The molecule has 2 heterocycles. The number of aromatic nitrogens is 4. The van der Waals surface area contributed by atoms with Crippen LogP contribution in [-0.4, -0.2) is 19.7 Å². The minimum Gasteiger partial charge on any atom is -0.301 e. The first kappa shape index (κ1) is 16.8. The Bertz CT molecular complexity index is 1160. The van der Waals surface area contributed by atoms with Crippen LogP contribution in [0.5, 0.6) is 0 Å². The normalized spacial score (nSPS) is 11.2. The number of nitrogens with one attached hydrogen (secondary N) is 1. The Morgan fingerprint density at radius 3 is 2.85 bits per heavy atom. The van der Waals surface area contributed by atoms with Gasteiger partial charge in [-0.05, 0) is 35.9 Å². The van der Waals surface area contributed by atoms with E-state index in [0.717, 1.165) is 5.56 Å². The summed E-state index contributed by atoms with van der Waals surface area (Å²) >= 11 is 7.36. The highest BCUT2D eigenvalue weighted by molar-refractivity contribution is 7.98. The third-order valence-corrected chi connectivity index (χ3v) is 4.91. The number of hydrogen-bond acceptors (Lipinski definition) is 4. The van der Waals surface area contributed by atoms with Crippen molar-refractivity contribution in [3.63, 3.8) is 0 Å². The highest BCUT2D eigenvalue weighted by Crippen LogP contribution is 2.22. The second kappa shape index (κ2) is 6.93. The van der Waals surface area contributed by atoms with Crippen molar-refractivity contribution in [1.82, 2.24) is 19.7 Å². The van der Waals surface area contributed by atoms with Crippen molar-refractivity contribution in [2.45, 2.75) is 10.9 Å². The number of H-pyrrole nitrogens is 1. The van der Waals surface area contributed by atoms with Gasteiger partial charge in [-0.15, -0.1) is 0 Å². The average molecular weight is 387 g/mol.